The predicted molar refractivity (Wildman–Crippen MR) is 106 cm³/mol. The van der Waals surface area contributed by atoms with Gasteiger partial charge in [0, 0.05) is 41.3 Å². The van der Waals surface area contributed by atoms with Gasteiger partial charge in [-0.25, -0.2) is 0 Å². The smallest absolute Gasteiger partial charge is 0.394 e. The number of alkyl halides is 3. The third-order valence-corrected chi connectivity index (χ3v) is 7.44. The number of aliphatic hydroxyl groups is 3. The van der Waals surface area contributed by atoms with Crippen molar-refractivity contribution in [2.45, 2.75) is 62.9 Å². The van der Waals surface area contributed by atoms with Gasteiger partial charge in [-0.1, -0.05) is 0 Å². The lowest BCUT2D eigenvalue weighted by molar-refractivity contribution is -0.139. The number of rotatable bonds is 5. The Morgan fingerprint density at radius 3 is 2.87 bits per heavy atom. The zero-order chi connectivity index (χ0) is 22.4. The molecule has 2 aliphatic heterocycles. The molecule has 172 valence electrons. The van der Waals surface area contributed by atoms with Crippen molar-refractivity contribution in [1.82, 2.24) is 14.7 Å². The molecule has 2 aliphatic rings. The fourth-order valence-corrected chi connectivity index (χ4v) is 5.73. The molecule has 4 atom stereocenters. The zero-order valence-electron chi connectivity index (χ0n) is 17.0. The van der Waals surface area contributed by atoms with E-state index in [0.717, 1.165) is 11.6 Å². The Morgan fingerprint density at radius 1 is 1.42 bits per heavy atom. The fraction of sp³-hybridized carbons (Fsp3) is 0.650. The van der Waals surface area contributed by atoms with E-state index in [9.17, 15) is 23.4 Å². The fourth-order valence-electron chi connectivity index (χ4n) is 4.46. The highest BCUT2D eigenvalue weighted by molar-refractivity contribution is 7.12. The first-order valence-electron chi connectivity index (χ1n) is 10.2. The van der Waals surface area contributed by atoms with Crippen LogP contribution in [-0.4, -0.2) is 61.9 Å². The molecule has 0 saturated carbocycles. The summed E-state index contributed by atoms with van der Waals surface area (Å²) in [5.41, 5.74) is 0.477. The minimum atomic E-state index is -4.45. The Labute approximate surface area is 181 Å². The van der Waals surface area contributed by atoms with Crippen LogP contribution in [0, 0.1) is 0 Å². The SMILES string of the molecule is C[C@H]1C[C@@]2(CCN1Cc1cnn(C[C@@H](O)CO)c1)OC[C@@H](O)c1cc(C(F)(F)F)sc12. The lowest BCUT2D eigenvalue weighted by atomic mass is 9.81. The number of nitrogens with zero attached hydrogens (tertiary/aromatic N) is 3. The van der Waals surface area contributed by atoms with Gasteiger partial charge in [-0.05, 0) is 25.8 Å². The molecular formula is C20H26F3N3O4S. The molecule has 4 heterocycles. The van der Waals surface area contributed by atoms with E-state index in [1.165, 1.54) is 0 Å². The van der Waals surface area contributed by atoms with Crippen LogP contribution in [0.15, 0.2) is 18.5 Å². The Balaban J connectivity index is 1.48. The topological polar surface area (TPSA) is 91.0 Å². The summed E-state index contributed by atoms with van der Waals surface area (Å²) in [5.74, 6) is 0. The number of hydrogen-bond donors (Lipinski definition) is 3. The van der Waals surface area contributed by atoms with Gasteiger partial charge in [-0.15, -0.1) is 11.3 Å². The molecule has 0 aliphatic carbocycles. The van der Waals surface area contributed by atoms with Gasteiger partial charge in [-0.3, -0.25) is 9.58 Å². The summed E-state index contributed by atoms with van der Waals surface area (Å²) in [6.07, 6.45) is -1.77. The lowest BCUT2D eigenvalue weighted by Crippen LogP contribution is -2.50. The molecule has 31 heavy (non-hydrogen) atoms. The van der Waals surface area contributed by atoms with Gasteiger partial charge in [0.05, 0.1) is 32.1 Å². The van der Waals surface area contributed by atoms with Gasteiger partial charge in [-0.2, -0.15) is 18.3 Å². The molecule has 2 aromatic heterocycles. The van der Waals surface area contributed by atoms with Crippen LogP contribution in [0.2, 0.25) is 0 Å². The van der Waals surface area contributed by atoms with Crippen molar-refractivity contribution in [2.75, 3.05) is 19.8 Å². The predicted octanol–water partition coefficient (Wildman–Crippen LogP) is 2.26. The third kappa shape index (κ3) is 4.53. The van der Waals surface area contributed by atoms with E-state index in [1.807, 2.05) is 13.1 Å². The van der Waals surface area contributed by atoms with Gasteiger partial charge in [0.25, 0.3) is 0 Å². The highest BCUT2D eigenvalue weighted by Crippen LogP contribution is 2.51. The first-order valence-corrected chi connectivity index (χ1v) is 11.0. The summed E-state index contributed by atoms with van der Waals surface area (Å²) in [6.45, 7) is 3.12. The van der Waals surface area contributed by atoms with Crippen molar-refractivity contribution in [3.05, 3.63) is 39.3 Å². The summed E-state index contributed by atoms with van der Waals surface area (Å²) in [7, 11) is 0. The summed E-state index contributed by atoms with van der Waals surface area (Å²) in [5, 5.41) is 32.9. The maximum absolute atomic E-state index is 13.3. The average Bonchev–Trinajstić information content (AvgIpc) is 3.35. The molecule has 3 N–H and O–H groups in total. The second-order valence-electron chi connectivity index (χ2n) is 8.39. The number of likely N-dealkylation sites (tertiary alicyclic amines) is 1. The van der Waals surface area contributed by atoms with E-state index in [1.54, 1.807) is 10.9 Å². The van der Waals surface area contributed by atoms with Crippen molar-refractivity contribution in [2.24, 2.45) is 0 Å². The second kappa shape index (κ2) is 8.45. The number of halogens is 3. The van der Waals surface area contributed by atoms with Crippen LogP contribution in [0.4, 0.5) is 13.2 Å². The molecule has 1 saturated heterocycles. The Morgan fingerprint density at radius 2 is 2.19 bits per heavy atom. The van der Waals surface area contributed by atoms with Crippen LogP contribution < -0.4 is 0 Å². The molecule has 4 rings (SSSR count). The van der Waals surface area contributed by atoms with Crippen molar-refractivity contribution < 1.29 is 33.2 Å². The minimum absolute atomic E-state index is 0.00625. The normalized spacial score (nSPS) is 28.1. The van der Waals surface area contributed by atoms with E-state index >= 15 is 0 Å². The van der Waals surface area contributed by atoms with E-state index in [2.05, 4.69) is 10.00 Å². The van der Waals surface area contributed by atoms with Crippen LogP contribution >= 0.6 is 11.3 Å². The molecule has 2 aromatic rings. The first-order chi connectivity index (χ1) is 14.6. The Hall–Kier alpha value is -1.50. The van der Waals surface area contributed by atoms with Crippen LogP contribution in [0.25, 0.3) is 0 Å². The number of fused-ring (bicyclic) bond motifs is 2. The van der Waals surface area contributed by atoms with Crippen molar-refractivity contribution in [3.8, 4) is 0 Å². The Bertz CT molecular complexity index is 918. The number of ether oxygens (including phenoxy) is 1. The third-order valence-electron chi connectivity index (χ3n) is 6.06. The number of aromatic nitrogens is 2. The van der Waals surface area contributed by atoms with Gasteiger partial charge in [0.1, 0.15) is 16.6 Å². The van der Waals surface area contributed by atoms with Crippen LogP contribution in [0.1, 0.15) is 46.8 Å². The van der Waals surface area contributed by atoms with E-state index in [-0.39, 0.29) is 25.8 Å². The van der Waals surface area contributed by atoms with E-state index in [0.29, 0.717) is 47.7 Å². The van der Waals surface area contributed by atoms with Crippen molar-refractivity contribution in [1.29, 1.82) is 0 Å². The maximum Gasteiger partial charge on any atom is 0.425 e. The number of thiophene rings is 1. The summed E-state index contributed by atoms with van der Waals surface area (Å²) < 4.78 is 47.4. The first kappa shape index (κ1) is 22.7. The second-order valence-corrected chi connectivity index (χ2v) is 9.45. The summed E-state index contributed by atoms with van der Waals surface area (Å²) >= 11 is 0.684. The zero-order valence-corrected chi connectivity index (χ0v) is 17.9. The van der Waals surface area contributed by atoms with Crippen LogP contribution in [0.5, 0.6) is 0 Å². The molecule has 1 spiro atoms. The summed E-state index contributed by atoms with van der Waals surface area (Å²) in [6, 6.07) is 1.11. The monoisotopic (exact) mass is 461 g/mol. The average molecular weight is 462 g/mol. The van der Waals surface area contributed by atoms with E-state index in [4.69, 9.17) is 9.84 Å². The van der Waals surface area contributed by atoms with Gasteiger partial charge < -0.3 is 20.1 Å². The molecule has 11 heteroatoms. The molecule has 0 aromatic carbocycles. The minimum Gasteiger partial charge on any atom is -0.394 e. The van der Waals surface area contributed by atoms with Crippen molar-refractivity contribution >= 4 is 11.3 Å². The molecule has 0 amide bonds. The van der Waals surface area contributed by atoms with E-state index < -0.39 is 28.9 Å². The maximum atomic E-state index is 13.3. The molecular weight excluding hydrogens is 435 g/mol. The van der Waals surface area contributed by atoms with Gasteiger partial charge in [0.2, 0.25) is 0 Å². The highest BCUT2D eigenvalue weighted by Gasteiger charge is 2.48. The van der Waals surface area contributed by atoms with Gasteiger partial charge in [0.15, 0.2) is 0 Å². The quantitative estimate of drug-likeness (QED) is 0.633. The molecule has 0 bridgehead atoms. The molecule has 1 fully saturated rings. The molecule has 7 nitrogen and oxygen atoms in total. The summed E-state index contributed by atoms with van der Waals surface area (Å²) in [4.78, 5) is 2.02. The van der Waals surface area contributed by atoms with Gasteiger partial charge >= 0.3 is 6.18 Å². The number of piperidine rings is 1. The lowest BCUT2D eigenvalue weighted by Gasteiger charge is -2.47. The van der Waals surface area contributed by atoms with Crippen LogP contribution in [0.3, 0.4) is 0 Å². The largest absolute Gasteiger partial charge is 0.425 e. The Kier molecular flexibility index (Phi) is 6.18. The molecule has 0 radical (unpaired) electrons. The molecule has 0 unspecified atom stereocenters. The van der Waals surface area contributed by atoms with Crippen LogP contribution in [-0.2, 0) is 29.6 Å². The highest BCUT2D eigenvalue weighted by atomic mass is 32.1. The number of aliphatic hydroxyl groups excluding tert-OH is 3. The standard InChI is InChI=1S/C20H26F3N3O4S/c1-12-5-19(18-15(16(29)11-30-19)4-17(31-18)20(21,22)23)2-3-25(12)7-13-6-24-26(8-13)9-14(28)10-27/h4,6,8,12,14,16,27-29H,2-3,5,7,9-11H2,1H3/t12-,14+,16+,19+/m0/s1. The van der Waals surface area contributed by atoms with Crippen molar-refractivity contribution in [3.63, 3.8) is 0 Å². The number of hydrogen-bond acceptors (Lipinski definition) is 7.